The predicted octanol–water partition coefficient (Wildman–Crippen LogP) is 9.28. The Balaban J connectivity index is 2.32. The lowest BCUT2D eigenvalue weighted by molar-refractivity contribution is -0.138. The summed E-state index contributed by atoms with van der Waals surface area (Å²) >= 11 is 0. The normalized spacial score (nSPS) is 17.3. The number of rotatable bonds is 24. The van der Waals surface area contributed by atoms with E-state index in [9.17, 15) is 4.79 Å². The third-order valence-electron chi connectivity index (χ3n) is 8.65. The van der Waals surface area contributed by atoms with E-state index in [1.54, 1.807) is 6.92 Å². The van der Waals surface area contributed by atoms with Gasteiger partial charge in [0.1, 0.15) is 0 Å². The molecule has 21 heteroatoms. The Morgan fingerprint density at radius 3 is 0.855 bits per heavy atom. The molecule has 0 saturated carbocycles. The highest BCUT2D eigenvalue weighted by Crippen LogP contribution is 2.33. The molecule has 3 aromatic carbocycles. The zero-order chi connectivity index (χ0) is 47.3. The van der Waals surface area contributed by atoms with Crippen LogP contribution < -0.4 is 15.6 Å². The first-order valence-electron chi connectivity index (χ1n) is 21.3. The van der Waals surface area contributed by atoms with Gasteiger partial charge in [-0.3, -0.25) is 0 Å². The zero-order valence-electron chi connectivity index (χ0n) is 41.1. The summed E-state index contributed by atoms with van der Waals surface area (Å²) in [6.45, 7) is 43.0. The average Bonchev–Trinajstić information content (AvgIpc) is 3.07. The van der Waals surface area contributed by atoms with Gasteiger partial charge in [-0.2, -0.15) is 0 Å². The van der Waals surface area contributed by atoms with E-state index in [-0.39, 0.29) is 11.8 Å². The number of carbonyl (C=O) groups excluding carboxylic acids is 1. The van der Waals surface area contributed by atoms with Gasteiger partial charge in [-0.05, 0) is 140 Å². The molecule has 3 unspecified atom stereocenters. The van der Waals surface area contributed by atoms with Crippen molar-refractivity contribution in [1.82, 2.24) is 0 Å². The third-order valence-corrected chi connectivity index (χ3v) is 45.5. The molecule has 0 bridgehead atoms. The number of esters is 1. The molecule has 0 fully saturated rings. The van der Waals surface area contributed by atoms with E-state index in [1.807, 2.05) is 93.9 Å². The van der Waals surface area contributed by atoms with E-state index in [0.717, 1.165) is 15.6 Å². The van der Waals surface area contributed by atoms with Crippen LogP contribution in [0.5, 0.6) is 0 Å². The summed E-state index contributed by atoms with van der Waals surface area (Å²) in [6, 6.07) is 30.3. The van der Waals surface area contributed by atoms with Crippen molar-refractivity contribution in [3.63, 3.8) is 0 Å². The molecule has 0 radical (unpaired) electrons. The van der Waals surface area contributed by atoms with Gasteiger partial charge < -0.3 is 41.8 Å². The summed E-state index contributed by atoms with van der Waals surface area (Å²) in [5.74, 6) is -0.597. The van der Waals surface area contributed by atoms with Crippen LogP contribution in [0.3, 0.4) is 0 Å². The molecule has 0 heterocycles. The van der Waals surface area contributed by atoms with E-state index in [0.29, 0.717) is 0 Å². The molecule has 0 aliphatic rings. The molecule has 3 rings (SSSR count). The van der Waals surface area contributed by atoms with Crippen LogP contribution in [0.25, 0.3) is 0 Å². The van der Waals surface area contributed by atoms with Gasteiger partial charge in [0.25, 0.3) is 0 Å². The standard InChI is InChI=1S/C41H76O11Si10/c1-37(2)41(42)43-36-62(50-56(12,13)47-59(18,44-53(3,4)5)38-30-24-21-25-31-38,51-57(14,15)48-60(19,45-54(6,7)8)39-32-26-22-27-33-39)52-58(16,17)49-61(20,46-55(9,10)11)40-34-28-23-29-35-40/h21-35H,1,36H2,2-20H3. The molecular weight excluding hydrogens is 949 g/mol. The summed E-state index contributed by atoms with van der Waals surface area (Å²) < 4.78 is 71.4. The van der Waals surface area contributed by atoms with Gasteiger partial charge in [0.05, 0.1) is 0 Å². The van der Waals surface area contributed by atoms with Crippen LogP contribution in [0, 0.1) is 0 Å². The van der Waals surface area contributed by atoms with Crippen LogP contribution in [0.15, 0.2) is 103 Å². The largest absolute Gasteiger partial charge is 0.514 e. The van der Waals surface area contributed by atoms with Crippen molar-refractivity contribution in [2.24, 2.45) is 0 Å². The van der Waals surface area contributed by atoms with Crippen LogP contribution in [0.1, 0.15) is 6.92 Å². The highest BCUT2D eigenvalue weighted by atomic mass is 28.5. The molecule has 0 aliphatic heterocycles. The van der Waals surface area contributed by atoms with E-state index in [2.05, 4.69) is 122 Å². The van der Waals surface area contributed by atoms with Crippen molar-refractivity contribution in [3.05, 3.63) is 103 Å². The first kappa shape index (κ1) is 55.0. The summed E-state index contributed by atoms with van der Waals surface area (Å²) in [5.41, 5.74) is 0.231. The number of hydrogen-bond donors (Lipinski definition) is 0. The summed E-state index contributed by atoms with van der Waals surface area (Å²) in [4.78, 5) is 13.4. The minimum atomic E-state index is -4.33. The Kier molecular flexibility index (Phi) is 18.3. The summed E-state index contributed by atoms with van der Waals surface area (Å²) in [6.07, 6.45) is -0.340. The quantitative estimate of drug-likeness (QED) is 0.0487. The van der Waals surface area contributed by atoms with Gasteiger partial charge in [-0.25, -0.2) is 4.79 Å². The molecule has 0 aliphatic carbocycles. The van der Waals surface area contributed by atoms with Crippen molar-refractivity contribution in [1.29, 1.82) is 0 Å². The Hall–Kier alpha value is -1.32. The maximum Gasteiger partial charge on any atom is 0.514 e. The molecule has 0 aromatic heterocycles. The van der Waals surface area contributed by atoms with Gasteiger partial charge in [0.15, 0.2) is 31.2 Å². The second-order valence-corrected chi connectivity index (χ2v) is 57.9. The molecule has 0 spiro atoms. The van der Waals surface area contributed by atoms with E-state index in [1.165, 1.54) is 0 Å². The van der Waals surface area contributed by atoms with Gasteiger partial charge >= 0.3 is 66.1 Å². The van der Waals surface area contributed by atoms with Crippen LogP contribution in [0.2, 0.25) is 118 Å². The first-order valence-corrected chi connectivity index (χ1v) is 48.9. The van der Waals surface area contributed by atoms with Crippen LogP contribution >= 0.6 is 0 Å². The summed E-state index contributed by atoms with van der Waals surface area (Å²) in [5, 5.41) is 2.94. The fraction of sp³-hybridized carbons (Fsp3) is 0.488. The number of hydrogen-bond acceptors (Lipinski definition) is 11. The Labute approximate surface area is 385 Å². The number of ether oxygens (including phenoxy) is 1. The molecule has 62 heavy (non-hydrogen) atoms. The van der Waals surface area contributed by atoms with E-state index in [4.69, 9.17) is 41.8 Å². The van der Waals surface area contributed by atoms with Crippen LogP contribution in [-0.2, 0) is 46.6 Å². The molecule has 346 valence electrons. The lowest BCUT2D eigenvalue weighted by atomic mass is 10.4. The SMILES string of the molecule is C=C(C)C(=O)OC[Si](O[Si](C)(C)O[Si](C)(O[Si](C)(C)C)c1ccccc1)(O[Si](C)(C)O[Si](C)(O[Si](C)(C)C)c1ccccc1)O[Si](C)(C)O[Si](C)(O[Si](C)(C)C)c1ccccc1. The van der Waals surface area contributed by atoms with Gasteiger partial charge in [0, 0.05) is 5.57 Å². The van der Waals surface area contributed by atoms with Crippen molar-refractivity contribution >= 4 is 107 Å². The fourth-order valence-corrected chi connectivity index (χ4v) is 52.8. The highest BCUT2D eigenvalue weighted by molar-refractivity contribution is 6.98. The molecule has 0 N–H and O–H groups in total. The minimum absolute atomic E-state index is 0.231. The van der Waals surface area contributed by atoms with Crippen LogP contribution in [-0.4, -0.2) is 97.3 Å². The molecule has 3 aromatic rings. The smallest absolute Gasteiger partial charge is 0.458 e. The number of carbonyl (C=O) groups is 1. The topological polar surface area (TPSA) is 109 Å². The molecule has 3 atom stereocenters. The second-order valence-electron chi connectivity index (χ2n) is 20.4. The Morgan fingerprint density at radius 1 is 0.403 bits per heavy atom. The third kappa shape index (κ3) is 17.8. The Bertz CT molecular complexity index is 1730. The van der Waals surface area contributed by atoms with Gasteiger partial charge in [-0.1, -0.05) is 97.6 Å². The van der Waals surface area contributed by atoms with E-state index < -0.39 is 91.1 Å². The molecule has 0 amide bonds. The molecular formula is C41H76O11Si10. The van der Waals surface area contributed by atoms with Gasteiger partial charge in [-0.15, -0.1) is 0 Å². The Morgan fingerprint density at radius 2 is 0.645 bits per heavy atom. The van der Waals surface area contributed by atoms with Crippen LogP contribution in [0.4, 0.5) is 0 Å². The predicted molar refractivity (Wildman–Crippen MR) is 277 cm³/mol. The van der Waals surface area contributed by atoms with Gasteiger partial charge in [0.2, 0.25) is 0 Å². The van der Waals surface area contributed by atoms with Crippen molar-refractivity contribution < 1.29 is 46.6 Å². The van der Waals surface area contributed by atoms with Crippen molar-refractivity contribution in [3.8, 4) is 0 Å². The van der Waals surface area contributed by atoms with E-state index >= 15 is 0 Å². The zero-order valence-corrected chi connectivity index (χ0v) is 51.1. The minimum Gasteiger partial charge on any atom is -0.458 e. The van der Waals surface area contributed by atoms with Crippen molar-refractivity contribution in [2.45, 2.75) is 125 Å². The van der Waals surface area contributed by atoms with Crippen molar-refractivity contribution in [2.75, 3.05) is 6.23 Å². The maximum absolute atomic E-state index is 13.4. The highest BCUT2D eigenvalue weighted by Gasteiger charge is 2.60. The average molecular weight is 1030 g/mol. The summed E-state index contributed by atoms with van der Waals surface area (Å²) in [7, 11) is -30.6. The maximum atomic E-state index is 13.4. The lowest BCUT2D eigenvalue weighted by Gasteiger charge is -2.48. The molecule has 11 nitrogen and oxygen atoms in total. The monoisotopic (exact) mass is 1020 g/mol. The lowest BCUT2D eigenvalue weighted by Crippen LogP contribution is -2.71. The first-order chi connectivity index (χ1) is 28.0. The second kappa shape index (κ2) is 20.7. The molecule has 0 saturated heterocycles. The number of benzene rings is 3. The fourth-order valence-electron chi connectivity index (χ4n) is 7.41.